The van der Waals surface area contributed by atoms with Gasteiger partial charge in [0.1, 0.15) is 11.6 Å². The third-order valence-electron chi connectivity index (χ3n) is 4.85. The molecule has 2 aromatic carbocycles. The van der Waals surface area contributed by atoms with Gasteiger partial charge >= 0.3 is 0 Å². The van der Waals surface area contributed by atoms with Crippen molar-refractivity contribution in [1.29, 1.82) is 0 Å². The van der Waals surface area contributed by atoms with Crippen molar-refractivity contribution in [3.8, 4) is 0 Å². The maximum atomic E-state index is 13.2. The molecule has 152 valence electrons. The van der Waals surface area contributed by atoms with Crippen molar-refractivity contribution in [2.75, 3.05) is 12.4 Å². The Morgan fingerprint density at radius 1 is 1.07 bits per heavy atom. The summed E-state index contributed by atoms with van der Waals surface area (Å²) in [5, 5.41) is 0. The lowest BCUT2D eigenvalue weighted by atomic mass is 10.0. The molecule has 3 aromatic rings. The van der Waals surface area contributed by atoms with Gasteiger partial charge in [0.25, 0.3) is 0 Å². The molecule has 1 aliphatic heterocycles. The number of aryl methyl sites for hydroxylation is 1. The van der Waals surface area contributed by atoms with Crippen LogP contribution in [-0.4, -0.2) is 33.8 Å². The Morgan fingerprint density at radius 2 is 1.79 bits per heavy atom. The Balaban J connectivity index is 1.40. The van der Waals surface area contributed by atoms with Crippen LogP contribution >= 0.6 is 11.8 Å². The summed E-state index contributed by atoms with van der Waals surface area (Å²) in [7, 11) is 0. The van der Waals surface area contributed by atoms with Crippen LogP contribution in [0.25, 0.3) is 0 Å². The molecule has 0 N–H and O–H groups in total. The van der Waals surface area contributed by atoms with E-state index in [9.17, 15) is 8.78 Å². The largest absolute Gasteiger partial charge is 0.345 e. The normalized spacial score (nSPS) is 21.5. The van der Waals surface area contributed by atoms with E-state index in [0.29, 0.717) is 31.7 Å². The van der Waals surface area contributed by atoms with Gasteiger partial charge in [-0.15, -0.1) is 11.8 Å². The third kappa shape index (κ3) is 5.44. The topological polar surface area (TPSA) is 36.3 Å². The zero-order chi connectivity index (χ0) is 20.1. The Morgan fingerprint density at radius 3 is 2.48 bits per heavy atom. The molecule has 1 aliphatic rings. The van der Waals surface area contributed by atoms with Gasteiger partial charge in [-0.3, -0.25) is 0 Å². The molecule has 2 heterocycles. The fourth-order valence-corrected chi connectivity index (χ4v) is 4.23. The summed E-state index contributed by atoms with van der Waals surface area (Å²) in [4.78, 5) is 5.09. The van der Waals surface area contributed by atoms with Gasteiger partial charge in [0.2, 0.25) is 0 Å². The smallest absolute Gasteiger partial charge is 0.187 e. The highest BCUT2D eigenvalue weighted by Gasteiger charge is 2.41. The van der Waals surface area contributed by atoms with Crippen LogP contribution in [0.2, 0.25) is 0 Å². The average molecular weight is 416 g/mol. The molecule has 4 rings (SSSR count). The lowest BCUT2D eigenvalue weighted by molar-refractivity contribution is -0.180. The second kappa shape index (κ2) is 9.07. The summed E-state index contributed by atoms with van der Waals surface area (Å²) >= 11 is 1.62. The number of hydrogen-bond donors (Lipinski definition) is 0. The first-order chi connectivity index (χ1) is 14.1. The van der Waals surface area contributed by atoms with Crippen LogP contribution in [0, 0.1) is 11.6 Å². The second-order valence-corrected chi connectivity index (χ2v) is 8.18. The van der Waals surface area contributed by atoms with E-state index >= 15 is 0 Å². The van der Waals surface area contributed by atoms with Gasteiger partial charge in [0.05, 0.1) is 25.6 Å². The minimum absolute atomic E-state index is 0.0678. The molecule has 0 radical (unpaired) electrons. The molecule has 1 fully saturated rings. The molecule has 0 saturated carbocycles. The summed E-state index contributed by atoms with van der Waals surface area (Å²) in [6.07, 6.45) is 6.65. The Labute approximate surface area is 172 Å². The minimum Gasteiger partial charge on any atom is -0.345 e. The van der Waals surface area contributed by atoms with Crippen molar-refractivity contribution in [2.24, 2.45) is 0 Å². The number of ether oxygens (including phenoxy) is 2. The van der Waals surface area contributed by atoms with E-state index in [1.54, 1.807) is 48.6 Å². The molecular weight excluding hydrogens is 394 g/mol. The number of imidazole rings is 1. The Bertz CT molecular complexity index is 904. The average Bonchev–Trinajstić information content (AvgIpc) is 3.38. The van der Waals surface area contributed by atoms with Crippen LogP contribution in [0.3, 0.4) is 0 Å². The molecule has 2 unspecified atom stereocenters. The molecule has 1 aromatic heterocycles. The number of aromatic nitrogens is 2. The van der Waals surface area contributed by atoms with Gasteiger partial charge in [0, 0.05) is 29.5 Å². The van der Waals surface area contributed by atoms with E-state index in [0.717, 1.165) is 10.5 Å². The van der Waals surface area contributed by atoms with E-state index in [1.807, 2.05) is 10.8 Å². The summed E-state index contributed by atoms with van der Waals surface area (Å²) in [5.41, 5.74) is 1.03. The standard InChI is InChI=1S/C22H22F2N2O2S/c23-18-3-1-17(2-4-18)9-10-22(15-26-12-11-25-16-26)27-13-20(28-22)14-29-21-7-5-19(24)6-8-21/h1-8,11-12,16,20H,9-10,13-15H2. The van der Waals surface area contributed by atoms with E-state index in [2.05, 4.69) is 4.98 Å². The number of halogens is 2. The van der Waals surface area contributed by atoms with Gasteiger partial charge in [-0.05, 0) is 48.4 Å². The van der Waals surface area contributed by atoms with Gasteiger partial charge in [0.15, 0.2) is 5.79 Å². The van der Waals surface area contributed by atoms with Gasteiger partial charge in [-0.2, -0.15) is 0 Å². The van der Waals surface area contributed by atoms with Crippen molar-refractivity contribution in [2.45, 2.75) is 36.2 Å². The van der Waals surface area contributed by atoms with Crippen molar-refractivity contribution < 1.29 is 18.3 Å². The fraction of sp³-hybridized carbons (Fsp3) is 0.318. The Hall–Kier alpha value is -2.22. The van der Waals surface area contributed by atoms with Gasteiger partial charge in [-0.25, -0.2) is 13.8 Å². The minimum atomic E-state index is -0.761. The van der Waals surface area contributed by atoms with E-state index in [1.165, 1.54) is 24.3 Å². The highest BCUT2D eigenvalue weighted by molar-refractivity contribution is 7.99. The lowest BCUT2D eigenvalue weighted by Crippen LogP contribution is -2.37. The van der Waals surface area contributed by atoms with Crippen LogP contribution in [0.5, 0.6) is 0 Å². The SMILES string of the molecule is Fc1ccc(CCC2(Cn3ccnc3)OCC(CSc3ccc(F)cc3)O2)cc1. The first-order valence-electron chi connectivity index (χ1n) is 9.51. The van der Waals surface area contributed by atoms with Crippen LogP contribution in [0.1, 0.15) is 12.0 Å². The van der Waals surface area contributed by atoms with Crippen molar-refractivity contribution in [3.05, 3.63) is 84.4 Å². The van der Waals surface area contributed by atoms with E-state index in [4.69, 9.17) is 9.47 Å². The van der Waals surface area contributed by atoms with Crippen molar-refractivity contribution >= 4 is 11.8 Å². The first-order valence-corrected chi connectivity index (χ1v) is 10.5. The van der Waals surface area contributed by atoms with Crippen molar-refractivity contribution in [1.82, 2.24) is 9.55 Å². The molecule has 0 spiro atoms. The summed E-state index contributed by atoms with van der Waals surface area (Å²) < 4.78 is 40.7. The highest BCUT2D eigenvalue weighted by atomic mass is 32.2. The molecule has 0 aliphatic carbocycles. The van der Waals surface area contributed by atoms with Gasteiger partial charge in [-0.1, -0.05) is 12.1 Å². The third-order valence-corrected chi connectivity index (χ3v) is 6.00. The molecule has 29 heavy (non-hydrogen) atoms. The van der Waals surface area contributed by atoms with Crippen LogP contribution in [0.4, 0.5) is 8.78 Å². The molecule has 7 heteroatoms. The predicted octanol–water partition coefficient (Wildman–Crippen LogP) is 4.70. The van der Waals surface area contributed by atoms with Gasteiger partial charge < -0.3 is 14.0 Å². The summed E-state index contributed by atoms with van der Waals surface area (Å²) in [6, 6.07) is 13.0. The Kier molecular flexibility index (Phi) is 6.28. The van der Waals surface area contributed by atoms with Crippen LogP contribution in [-0.2, 0) is 22.4 Å². The number of thioether (sulfide) groups is 1. The lowest BCUT2D eigenvalue weighted by Gasteiger charge is -2.28. The molecule has 4 nitrogen and oxygen atoms in total. The van der Waals surface area contributed by atoms with E-state index < -0.39 is 5.79 Å². The monoisotopic (exact) mass is 416 g/mol. The molecular formula is C22H22F2N2O2S. The number of benzene rings is 2. The number of hydrogen-bond acceptors (Lipinski definition) is 4. The van der Waals surface area contributed by atoms with E-state index in [-0.39, 0.29) is 17.7 Å². The number of nitrogens with zero attached hydrogens (tertiary/aromatic N) is 2. The fourth-order valence-electron chi connectivity index (χ4n) is 3.36. The molecule has 1 saturated heterocycles. The summed E-state index contributed by atoms with van der Waals surface area (Å²) in [5.74, 6) is -0.528. The highest BCUT2D eigenvalue weighted by Crippen LogP contribution is 2.33. The zero-order valence-corrected chi connectivity index (χ0v) is 16.7. The summed E-state index contributed by atoms with van der Waals surface area (Å²) in [6.45, 7) is 1.03. The maximum Gasteiger partial charge on any atom is 0.187 e. The van der Waals surface area contributed by atoms with Crippen LogP contribution < -0.4 is 0 Å². The van der Waals surface area contributed by atoms with Crippen molar-refractivity contribution in [3.63, 3.8) is 0 Å². The quantitative estimate of drug-likeness (QED) is 0.499. The first kappa shape index (κ1) is 20.1. The maximum absolute atomic E-state index is 13.2. The second-order valence-electron chi connectivity index (χ2n) is 7.09. The molecule has 0 bridgehead atoms. The predicted molar refractivity (Wildman–Crippen MR) is 108 cm³/mol. The molecule has 2 atom stereocenters. The van der Waals surface area contributed by atoms with Crippen LogP contribution in [0.15, 0.2) is 72.1 Å². The number of rotatable bonds is 8. The molecule has 0 amide bonds. The zero-order valence-electron chi connectivity index (χ0n) is 15.8.